The van der Waals surface area contributed by atoms with Crippen molar-refractivity contribution >= 4 is 5.78 Å². The molecule has 92 valence electrons. The van der Waals surface area contributed by atoms with Gasteiger partial charge in [-0.05, 0) is 32.1 Å². The first kappa shape index (κ1) is 12.1. The molecular weight excluding hydrogens is 204 g/mol. The number of hydrogen-bond donors (Lipinski definition) is 0. The SMILES string of the molecule is O=C(COCC1CCCCO1)C1CCCC1. The van der Waals surface area contributed by atoms with Crippen LogP contribution in [-0.2, 0) is 14.3 Å². The summed E-state index contributed by atoms with van der Waals surface area (Å²) in [4.78, 5) is 11.7. The van der Waals surface area contributed by atoms with E-state index in [-0.39, 0.29) is 12.0 Å². The fourth-order valence-electron chi connectivity index (χ4n) is 2.60. The monoisotopic (exact) mass is 226 g/mol. The molecule has 1 saturated carbocycles. The minimum Gasteiger partial charge on any atom is -0.376 e. The standard InChI is InChI=1S/C13H22O3/c14-13(11-5-1-2-6-11)10-15-9-12-7-3-4-8-16-12/h11-12H,1-10H2. The quantitative estimate of drug-likeness (QED) is 0.721. The van der Waals surface area contributed by atoms with Gasteiger partial charge in [-0.1, -0.05) is 12.8 Å². The first-order chi connectivity index (χ1) is 7.86. The van der Waals surface area contributed by atoms with E-state index in [1.54, 1.807) is 0 Å². The molecule has 0 radical (unpaired) electrons. The van der Waals surface area contributed by atoms with Gasteiger partial charge in [0.05, 0.1) is 12.7 Å². The number of carbonyl (C=O) groups is 1. The summed E-state index contributed by atoms with van der Waals surface area (Å²) in [6.07, 6.45) is 8.26. The van der Waals surface area contributed by atoms with Crippen molar-refractivity contribution in [3.8, 4) is 0 Å². The molecule has 0 spiro atoms. The molecule has 3 heteroatoms. The van der Waals surface area contributed by atoms with Gasteiger partial charge in [0, 0.05) is 12.5 Å². The Morgan fingerprint density at radius 1 is 1.12 bits per heavy atom. The van der Waals surface area contributed by atoms with Crippen LogP contribution in [-0.4, -0.2) is 31.7 Å². The molecule has 16 heavy (non-hydrogen) atoms. The first-order valence-corrected chi connectivity index (χ1v) is 6.58. The summed E-state index contributed by atoms with van der Waals surface area (Å²) in [6, 6.07) is 0. The minimum atomic E-state index is 0.227. The molecule has 1 aliphatic carbocycles. The molecule has 1 atom stereocenters. The van der Waals surface area contributed by atoms with Crippen molar-refractivity contribution in [3.63, 3.8) is 0 Å². The van der Waals surface area contributed by atoms with E-state index in [1.807, 2.05) is 0 Å². The summed E-state index contributed by atoms with van der Waals surface area (Å²) < 4.78 is 11.0. The van der Waals surface area contributed by atoms with Gasteiger partial charge in [-0.25, -0.2) is 0 Å². The predicted octanol–water partition coefficient (Wildman–Crippen LogP) is 2.33. The van der Waals surface area contributed by atoms with Gasteiger partial charge in [-0.2, -0.15) is 0 Å². The van der Waals surface area contributed by atoms with E-state index in [2.05, 4.69) is 0 Å². The third-order valence-electron chi connectivity index (χ3n) is 3.63. The first-order valence-electron chi connectivity index (χ1n) is 6.58. The van der Waals surface area contributed by atoms with Crippen LogP contribution in [0.5, 0.6) is 0 Å². The van der Waals surface area contributed by atoms with Crippen LogP contribution in [0.1, 0.15) is 44.9 Å². The van der Waals surface area contributed by atoms with Crippen molar-refractivity contribution in [3.05, 3.63) is 0 Å². The van der Waals surface area contributed by atoms with Crippen LogP contribution in [0.2, 0.25) is 0 Å². The van der Waals surface area contributed by atoms with Gasteiger partial charge >= 0.3 is 0 Å². The molecule has 0 aromatic rings. The zero-order chi connectivity index (χ0) is 11.2. The average molecular weight is 226 g/mol. The lowest BCUT2D eigenvalue weighted by molar-refractivity contribution is -0.129. The Morgan fingerprint density at radius 3 is 2.56 bits per heavy atom. The van der Waals surface area contributed by atoms with Gasteiger partial charge < -0.3 is 9.47 Å². The molecule has 2 rings (SSSR count). The molecule has 0 aromatic carbocycles. The van der Waals surface area contributed by atoms with Crippen molar-refractivity contribution in [2.75, 3.05) is 19.8 Å². The summed E-state index contributed by atoms with van der Waals surface area (Å²) in [5, 5.41) is 0. The Labute approximate surface area is 97.5 Å². The summed E-state index contributed by atoms with van der Waals surface area (Å²) in [7, 11) is 0. The molecule has 2 aliphatic rings. The Bertz CT molecular complexity index is 215. The van der Waals surface area contributed by atoms with E-state index in [1.165, 1.54) is 19.3 Å². The van der Waals surface area contributed by atoms with Crippen molar-refractivity contribution in [1.82, 2.24) is 0 Å². The molecule has 1 unspecified atom stereocenters. The highest BCUT2D eigenvalue weighted by molar-refractivity contribution is 5.82. The summed E-state index contributed by atoms with van der Waals surface area (Å²) in [6.45, 7) is 1.74. The lowest BCUT2D eigenvalue weighted by atomic mass is 10.0. The number of Topliss-reactive ketones (excluding diaryl/α,β-unsaturated/α-hetero) is 1. The maximum Gasteiger partial charge on any atom is 0.161 e. The lowest BCUT2D eigenvalue weighted by Gasteiger charge is -2.22. The largest absolute Gasteiger partial charge is 0.376 e. The van der Waals surface area contributed by atoms with Crippen molar-refractivity contribution in [2.45, 2.75) is 51.0 Å². The smallest absolute Gasteiger partial charge is 0.161 e. The summed E-state index contributed by atoms with van der Waals surface area (Å²) >= 11 is 0. The summed E-state index contributed by atoms with van der Waals surface area (Å²) in [5.74, 6) is 0.584. The summed E-state index contributed by atoms with van der Waals surface area (Å²) in [5.41, 5.74) is 0. The van der Waals surface area contributed by atoms with E-state index in [0.717, 1.165) is 32.3 Å². The Kier molecular flexibility index (Phi) is 4.79. The maximum absolute atomic E-state index is 11.7. The van der Waals surface area contributed by atoms with E-state index < -0.39 is 0 Å². The normalized spacial score (nSPS) is 27.1. The second-order valence-corrected chi connectivity index (χ2v) is 4.95. The van der Waals surface area contributed by atoms with Crippen LogP contribution >= 0.6 is 0 Å². The molecule has 2 fully saturated rings. The molecule has 1 saturated heterocycles. The van der Waals surface area contributed by atoms with Crippen LogP contribution in [0.15, 0.2) is 0 Å². The second-order valence-electron chi connectivity index (χ2n) is 4.95. The van der Waals surface area contributed by atoms with E-state index >= 15 is 0 Å². The molecular formula is C13H22O3. The Balaban J connectivity index is 1.57. The van der Waals surface area contributed by atoms with Crippen molar-refractivity contribution in [1.29, 1.82) is 0 Å². The predicted molar refractivity (Wildman–Crippen MR) is 61.4 cm³/mol. The number of ether oxygens (including phenoxy) is 2. The van der Waals surface area contributed by atoms with Gasteiger partial charge in [-0.15, -0.1) is 0 Å². The van der Waals surface area contributed by atoms with Gasteiger partial charge in [0.25, 0.3) is 0 Å². The Morgan fingerprint density at radius 2 is 1.88 bits per heavy atom. The maximum atomic E-state index is 11.7. The minimum absolute atomic E-state index is 0.227. The average Bonchev–Trinajstić information content (AvgIpc) is 2.84. The van der Waals surface area contributed by atoms with Crippen LogP contribution in [0.4, 0.5) is 0 Å². The topological polar surface area (TPSA) is 35.5 Å². The molecule has 1 aliphatic heterocycles. The molecule has 0 aromatic heterocycles. The van der Waals surface area contributed by atoms with Gasteiger partial charge in [-0.3, -0.25) is 4.79 Å². The highest BCUT2D eigenvalue weighted by Crippen LogP contribution is 2.25. The van der Waals surface area contributed by atoms with Crippen LogP contribution in [0, 0.1) is 5.92 Å². The second kappa shape index (κ2) is 6.36. The van der Waals surface area contributed by atoms with Crippen LogP contribution in [0.25, 0.3) is 0 Å². The molecule has 0 bridgehead atoms. The number of ketones is 1. The molecule has 0 amide bonds. The zero-order valence-corrected chi connectivity index (χ0v) is 9.95. The fraction of sp³-hybridized carbons (Fsp3) is 0.923. The highest BCUT2D eigenvalue weighted by Gasteiger charge is 2.23. The lowest BCUT2D eigenvalue weighted by Crippen LogP contribution is -2.27. The Hall–Kier alpha value is -0.410. The van der Waals surface area contributed by atoms with Gasteiger partial charge in [0.15, 0.2) is 5.78 Å². The fourth-order valence-corrected chi connectivity index (χ4v) is 2.60. The van der Waals surface area contributed by atoms with Crippen LogP contribution < -0.4 is 0 Å². The zero-order valence-electron chi connectivity index (χ0n) is 9.95. The van der Waals surface area contributed by atoms with E-state index in [0.29, 0.717) is 19.0 Å². The van der Waals surface area contributed by atoms with Crippen LogP contribution in [0.3, 0.4) is 0 Å². The van der Waals surface area contributed by atoms with Gasteiger partial charge in [0.2, 0.25) is 0 Å². The molecule has 3 nitrogen and oxygen atoms in total. The number of rotatable bonds is 5. The van der Waals surface area contributed by atoms with Crippen molar-refractivity contribution in [2.24, 2.45) is 5.92 Å². The third kappa shape index (κ3) is 3.56. The van der Waals surface area contributed by atoms with Crippen molar-refractivity contribution < 1.29 is 14.3 Å². The molecule has 1 heterocycles. The number of hydrogen-bond acceptors (Lipinski definition) is 3. The van der Waals surface area contributed by atoms with Gasteiger partial charge in [0.1, 0.15) is 6.61 Å². The number of carbonyl (C=O) groups excluding carboxylic acids is 1. The third-order valence-corrected chi connectivity index (χ3v) is 3.63. The van der Waals surface area contributed by atoms with E-state index in [9.17, 15) is 4.79 Å². The van der Waals surface area contributed by atoms with E-state index in [4.69, 9.17) is 9.47 Å². The highest BCUT2D eigenvalue weighted by atomic mass is 16.5. The molecule has 0 N–H and O–H groups in total.